The number of benzene rings is 2. The zero-order chi connectivity index (χ0) is 20.7. The van der Waals surface area contributed by atoms with Gasteiger partial charge in [0.1, 0.15) is 11.6 Å². The number of fused-ring (bicyclic) bond motifs is 1. The van der Waals surface area contributed by atoms with Crippen molar-refractivity contribution >= 4 is 17.6 Å². The van der Waals surface area contributed by atoms with E-state index in [-0.39, 0.29) is 17.2 Å². The molecule has 1 aliphatic rings. The molecule has 0 radical (unpaired) electrons. The van der Waals surface area contributed by atoms with Gasteiger partial charge in [-0.2, -0.15) is 0 Å². The van der Waals surface area contributed by atoms with Gasteiger partial charge < -0.3 is 19.8 Å². The Labute approximate surface area is 166 Å². The molecule has 29 heavy (non-hydrogen) atoms. The van der Waals surface area contributed by atoms with Crippen LogP contribution in [0.3, 0.4) is 0 Å². The summed E-state index contributed by atoms with van der Waals surface area (Å²) in [6.45, 7) is 1.73. The third kappa shape index (κ3) is 2.95. The highest BCUT2D eigenvalue weighted by Crippen LogP contribution is 2.45. The molecule has 1 amide bonds. The fraction of sp³-hybridized carbons (Fsp3) is 0.182. The topological polar surface area (TPSA) is 80.4 Å². The standard InChI is InChI=1S/C22H19FN2O4/c1-11-17(22(27)29-3)19(18-13-6-4-5-7-15(13)25-21(18)26)20(24-11)14-9-8-12(23)10-16(14)28-2/h4-10,18,24H,1-3H3,(H,25,26)/t18-/m0/s1. The maximum Gasteiger partial charge on any atom is 0.340 e. The second-order valence-electron chi connectivity index (χ2n) is 6.76. The molecule has 6 nitrogen and oxygen atoms in total. The van der Waals surface area contributed by atoms with Crippen molar-refractivity contribution in [1.29, 1.82) is 0 Å². The van der Waals surface area contributed by atoms with Crippen molar-refractivity contribution < 1.29 is 23.5 Å². The van der Waals surface area contributed by atoms with Gasteiger partial charge in [-0.1, -0.05) is 18.2 Å². The number of anilines is 1. The molecule has 2 aromatic carbocycles. The van der Waals surface area contributed by atoms with Gasteiger partial charge in [-0.15, -0.1) is 0 Å². The summed E-state index contributed by atoms with van der Waals surface area (Å²) in [5.74, 6) is -1.70. The minimum absolute atomic E-state index is 0.252. The molecule has 0 fully saturated rings. The summed E-state index contributed by atoms with van der Waals surface area (Å²) in [7, 11) is 2.73. The van der Waals surface area contributed by atoms with Crippen LogP contribution in [0.25, 0.3) is 11.3 Å². The monoisotopic (exact) mass is 394 g/mol. The summed E-state index contributed by atoms with van der Waals surface area (Å²) >= 11 is 0. The molecule has 0 saturated carbocycles. The number of esters is 1. The Morgan fingerprint density at radius 3 is 2.62 bits per heavy atom. The van der Waals surface area contributed by atoms with E-state index < -0.39 is 17.7 Å². The number of H-pyrrole nitrogens is 1. The number of halogens is 1. The molecule has 0 spiro atoms. The number of aromatic amines is 1. The fourth-order valence-electron chi connectivity index (χ4n) is 3.88. The van der Waals surface area contributed by atoms with Crippen molar-refractivity contribution in [2.24, 2.45) is 0 Å². The number of ether oxygens (including phenoxy) is 2. The average Bonchev–Trinajstić information content (AvgIpc) is 3.22. The molecule has 0 saturated heterocycles. The number of aryl methyl sites for hydroxylation is 1. The van der Waals surface area contributed by atoms with Gasteiger partial charge in [0.05, 0.1) is 31.4 Å². The predicted molar refractivity (Wildman–Crippen MR) is 106 cm³/mol. The molecular weight excluding hydrogens is 375 g/mol. The van der Waals surface area contributed by atoms with Gasteiger partial charge in [0.15, 0.2) is 0 Å². The van der Waals surface area contributed by atoms with E-state index in [2.05, 4.69) is 10.3 Å². The molecule has 7 heteroatoms. The number of amides is 1. The molecule has 0 aliphatic carbocycles. The minimum atomic E-state index is -0.727. The van der Waals surface area contributed by atoms with Crippen molar-refractivity contribution in [1.82, 2.24) is 4.98 Å². The highest BCUT2D eigenvalue weighted by Gasteiger charge is 2.39. The van der Waals surface area contributed by atoms with Crippen LogP contribution in [0.2, 0.25) is 0 Å². The first kappa shape index (κ1) is 18.7. The van der Waals surface area contributed by atoms with E-state index in [1.54, 1.807) is 13.0 Å². The molecule has 0 unspecified atom stereocenters. The second-order valence-corrected chi connectivity index (χ2v) is 6.76. The third-order valence-corrected chi connectivity index (χ3v) is 5.13. The molecule has 1 aromatic heterocycles. The number of hydrogen-bond acceptors (Lipinski definition) is 4. The molecule has 2 heterocycles. The van der Waals surface area contributed by atoms with E-state index in [4.69, 9.17) is 9.47 Å². The number of rotatable bonds is 4. The van der Waals surface area contributed by atoms with Gasteiger partial charge in [-0.25, -0.2) is 9.18 Å². The smallest absolute Gasteiger partial charge is 0.340 e. The molecule has 0 bridgehead atoms. The van der Waals surface area contributed by atoms with E-state index in [0.717, 1.165) is 5.56 Å². The van der Waals surface area contributed by atoms with E-state index in [0.29, 0.717) is 28.2 Å². The SMILES string of the molecule is COC(=O)c1c(C)[nH]c(-c2ccc(F)cc2OC)c1[C@H]1C(=O)Nc2ccccc21. The maximum atomic E-state index is 13.7. The third-order valence-electron chi connectivity index (χ3n) is 5.13. The Bertz CT molecular complexity index is 1140. The zero-order valence-corrected chi connectivity index (χ0v) is 16.1. The van der Waals surface area contributed by atoms with Crippen molar-refractivity contribution in [3.8, 4) is 17.0 Å². The maximum absolute atomic E-state index is 13.7. The highest BCUT2D eigenvalue weighted by molar-refractivity contribution is 6.08. The first-order valence-corrected chi connectivity index (χ1v) is 9.00. The Hall–Kier alpha value is -3.61. The summed E-state index contributed by atoms with van der Waals surface area (Å²) in [4.78, 5) is 28.7. The van der Waals surface area contributed by atoms with Crippen molar-refractivity contribution in [3.63, 3.8) is 0 Å². The number of carbonyl (C=O) groups excluding carboxylic acids is 2. The summed E-state index contributed by atoms with van der Waals surface area (Å²) in [5, 5.41) is 2.86. The van der Waals surface area contributed by atoms with Gasteiger partial charge in [0.2, 0.25) is 5.91 Å². The molecule has 1 atom stereocenters. The molecule has 4 rings (SSSR count). The summed E-state index contributed by atoms with van der Waals surface area (Å²) in [6.07, 6.45) is 0. The van der Waals surface area contributed by atoms with Crippen LogP contribution in [0.1, 0.15) is 33.1 Å². The van der Waals surface area contributed by atoms with Gasteiger partial charge in [-0.05, 0) is 30.7 Å². The van der Waals surface area contributed by atoms with Crippen molar-refractivity contribution in [3.05, 3.63) is 70.7 Å². The van der Waals surface area contributed by atoms with Crippen molar-refractivity contribution in [2.75, 3.05) is 19.5 Å². The van der Waals surface area contributed by atoms with E-state index in [1.807, 2.05) is 24.3 Å². The summed E-state index contributed by atoms with van der Waals surface area (Å²) in [6, 6.07) is 11.4. The van der Waals surface area contributed by atoms with E-state index in [1.165, 1.54) is 26.4 Å². The molecule has 3 aromatic rings. The van der Waals surface area contributed by atoms with Crippen LogP contribution < -0.4 is 10.1 Å². The number of aromatic nitrogens is 1. The van der Waals surface area contributed by atoms with Crippen LogP contribution in [0, 0.1) is 12.7 Å². The Kier molecular flexibility index (Phi) is 4.58. The normalized spacial score (nSPS) is 15.0. The van der Waals surface area contributed by atoms with Gasteiger partial charge in [0.25, 0.3) is 0 Å². The lowest BCUT2D eigenvalue weighted by atomic mass is 9.87. The first-order valence-electron chi connectivity index (χ1n) is 9.00. The zero-order valence-electron chi connectivity index (χ0n) is 16.1. The van der Waals surface area contributed by atoms with Crippen LogP contribution in [0.4, 0.5) is 10.1 Å². The van der Waals surface area contributed by atoms with Crippen LogP contribution in [-0.4, -0.2) is 31.1 Å². The summed E-state index contributed by atoms with van der Waals surface area (Å²) in [5.41, 5.74) is 3.80. The van der Waals surface area contributed by atoms with Crippen LogP contribution >= 0.6 is 0 Å². The Balaban J connectivity index is 2.03. The van der Waals surface area contributed by atoms with Crippen LogP contribution in [-0.2, 0) is 9.53 Å². The first-order chi connectivity index (χ1) is 14.0. The number of carbonyl (C=O) groups is 2. The van der Waals surface area contributed by atoms with E-state index >= 15 is 0 Å². The van der Waals surface area contributed by atoms with Gasteiger partial charge in [0, 0.05) is 28.6 Å². The van der Waals surface area contributed by atoms with Crippen LogP contribution in [0.5, 0.6) is 5.75 Å². The lowest BCUT2D eigenvalue weighted by molar-refractivity contribution is -0.116. The number of hydrogen-bond donors (Lipinski definition) is 2. The Morgan fingerprint density at radius 1 is 1.14 bits per heavy atom. The van der Waals surface area contributed by atoms with Crippen LogP contribution in [0.15, 0.2) is 42.5 Å². The number of methoxy groups -OCH3 is 2. The lowest BCUT2D eigenvalue weighted by Gasteiger charge is -2.15. The van der Waals surface area contributed by atoms with Gasteiger partial charge >= 0.3 is 5.97 Å². The van der Waals surface area contributed by atoms with E-state index in [9.17, 15) is 14.0 Å². The number of nitrogens with one attached hydrogen (secondary N) is 2. The highest BCUT2D eigenvalue weighted by atomic mass is 19.1. The Morgan fingerprint density at radius 2 is 1.90 bits per heavy atom. The lowest BCUT2D eigenvalue weighted by Crippen LogP contribution is -2.17. The minimum Gasteiger partial charge on any atom is -0.496 e. The van der Waals surface area contributed by atoms with Crippen molar-refractivity contribution in [2.45, 2.75) is 12.8 Å². The molecular formula is C22H19FN2O4. The fourth-order valence-corrected chi connectivity index (χ4v) is 3.88. The molecule has 1 aliphatic heterocycles. The molecule has 148 valence electrons. The number of para-hydroxylation sites is 1. The quantitative estimate of drug-likeness (QED) is 0.656. The average molecular weight is 394 g/mol. The summed E-state index contributed by atoms with van der Waals surface area (Å²) < 4.78 is 24.1. The second kappa shape index (κ2) is 7.09. The molecule has 2 N–H and O–H groups in total. The van der Waals surface area contributed by atoms with Gasteiger partial charge in [-0.3, -0.25) is 4.79 Å². The largest absolute Gasteiger partial charge is 0.496 e. The predicted octanol–water partition coefficient (Wildman–Crippen LogP) is 4.01.